The third-order valence-corrected chi connectivity index (χ3v) is 7.75. The van der Waals surface area contributed by atoms with Gasteiger partial charge in [-0.1, -0.05) is 32.9 Å². The number of allylic oxidation sites excluding steroid dienone is 1. The highest BCUT2D eigenvalue weighted by atomic mass is 16.6. The Kier molecular flexibility index (Phi) is 4.30. The second kappa shape index (κ2) is 6.11. The zero-order valence-electron chi connectivity index (χ0n) is 16.4. The molecule has 0 aromatic carbocycles. The van der Waals surface area contributed by atoms with Gasteiger partial charge in [-0.3, -0.25) is 4.79 Å². The van der Waals surface area contributed by atoms with Gasteiger partial charge in [0, 0.05) is 19.0 Å². The molecule has 140 valence electrons. The standard InChI is InChI=1S/C22H35NO2/c1-15-7-5-9-22(4)12-19-16(11-18(15)22)17(20(24)25-19)13-23-10-6-8-21(2,3)14-23/h16-19H,1,5-14H2,2-4H3. The van der Waals surface area contributed by atoms with E-state index in [1.807, 2.05) is 0 Å². The van der Waals surface area contributed by atoms with Crippen LogP contribution in [0.4, 0.5) is 0 Å². The quantitative estimate of drug-likeness (QED) is 0.548. The molecule has 25 heavy (non-hydrogen) atoms. The third kappa shape index (κ3) is 3.18. The van der Waals surface area contributed by atoms with Crippen LogP contribution in [0.15, 0.2) is 12.2 Å². The first-order valence-corrected chi connectivity index (χ1v) is 10.4. The van der Waals surface area contributed by atoms with Gasteiger partial charge in [-0.2, -0.15) is 0 Å². The van der Waals surface area contributed by atoms with Crippen LogP contribution in [0.5, 0.6) is 0 Å². The number of ether oxygens (including phenoxy) is 1. The highest BCUT2D eigenvalue weighted by molar-refractivity contribution is 5.75. The van der Waals surface area contributed by atoms with Gasteiger partial charge in [0.2, 0.25) is 0 Å². The van der Waals surface area contributed by atoms with E-state index in [1.165, 1.54) is 37.7 Å². The molecule has 0 radical (unpaired) electrons. The summed E-state index contributed by atoms with van der Waals surface area (Å²) in [5, 5.41) is 0. The van der Waals surface area contributed by atoms with Crippen LogP contribution in [0.3, 0.4) is 0 Å². The molecule has 2 saturated carbocycles. The molecule has 3 nitrogen and oxygen atoms in total. The lowest BCUT2D eigenvalue weighted by molar-refractivity contribution is -0.146. The Morgan fingerprint density at radius 1 is 1.24 bits per heavy atom. The summed E-state index contributed by atoms with van der Waals surface area (Å²) in [5.41, 5.74) is 2.12. The molecule has 0 N–H and O–H groups in total. The maximum absolute atomic E-state index is 12.7. The molecule has 2 aliphatic carbocycles. The van der Waals surface area contributed by atoms with E-state index in [1.54, 1.807) is 0 Å². The SMILES string of the molecule is C=C1CCCC2(C)CC3OC(=O)C(CN4CCCC(C)(C)C4)C3CC12. The molecule has 0 aromatic heterocycles. The Balaban J connectivity index is 1.49. The van der Waals surface area contributed by atoms with Gasteiger partial charge >= 0.3 is 5.97 Å². The van der Waals surface area contributed by atoms with Crippen molar-refractivity contribution in [3.05, 3.63) is 12.2 Å². The number of rotatable bonds is 2. The summed E-state index contributed by atoms with van der Waals surface area (Å²) in [4.78, 5) is 15.2. The minimum Gasteiger partial charge on any atom is -0.462 e. The monoisotopic (exact) mass is 345 g/mol. The van der Waals surface area contributed by atoms with Crippen molar-refractivity contribution in [2.24, 2.45) is 28.6 Å². The van der Waals surface area contributed by atoms with E-state index in [0.717, 1.165) is 32.5 Å². The molecule has 2 heterocycles. The minimum absolute atomic E-state index is 0.0752. The molecule has 2 saturated heterocycles. The van der Waals surface area contributed by atoms with Crippen molar-refractivity contribution < 1.29 is 9.53 Å². The van der Waals surface area contributed by atoms with E-state index in [-0.39, 0.29) is 18.0 Å². The van der Waals surface area contributed by atoms with Crippen LogP contribution in [-0.4, -0.2) is 36.6 Å². The summed E-state index contributed by atoms with van der Waals surface area (Å²) in [6.45, 7) is 14.7. The lowest BCUT2D eigenvalue weighted by atomic mass is 9.55. The Labute approximate surface area is 153 Å². The lowest BCUT2D eigenvalue weighted by Gasteiger charge is -2.50. The molecule has 4 fully saturated rings. The van der Waals surface area contributed by atoms with Crippen molar-refractivity contribution in [1.29, 1.82) is 0 Å². The fourth-order valence-corrected chi connectivity index (χ4v) is 6.44. The van der Waals surface area contributed by atoms with Crippen molar-refractivity contribution in [2.75, 3.05) is 19.6 Å². The lowest BCUT2D eigenvalue weighted by Crippen LogP contribution is -2.47. The number of nitrogens with zero attached hydrogens (tertiary/aromatic N) is 1. The normalized spacial score (nSPS) is 44.1. The maximum Gasteiger partial charge on any atom is 0.310 e. The van der Waals surface area contributed by atoms with Gasteiger partial charge in [0.15, 0.2) is 0 Å². The molecule has 3 heteroatoms. The summed E-state index contributed by atoms with van der Waals surface area (Å²) < 4.78 is 5.93. The van der Waals surface area contributed by atoms with Crippen LogP contribution in [0.2, 0.25) is 0 Å². The molecule has 2 aliphatic heterocycles. The Bertz CT molecular complexity index is 568. The number of hydrogen-bond acceptors (Lipinski definition) is 3. The van der Waals surface area contributed by atoms with E-state index in [0.29, 0.717) is 22.7 Å². The number of esters is 1. The van der Waals surface area contributed by atoms with E-state index in [4.69, 9.17) is 4.74 Å². The second-order valence-corrected chi connectivity index (χ2v) is 10.4. The smallest absolute Gasteiger partial charge is 0.310 e. The van der Waals surface area contributed by atoms with Gasteiger partial charge < -0.3 is 9.64 Å². The number of fused-ring (bicyclic) bond motifs is 2. The average Bonchev–Trinajstić information content (AvgIpc) is 2.79. The number of carbonyl (C=O) groups excluding carboxylic acids is 1. The third-order valence-electron chi connectivity index (χ3n) is 7.75. The van der Waals surface area contributed by atoms with Gasteiger partial charge in [0.1, 0.15) is 6.10 Å². The molecule has 4 rings (SSSR count). The first-order chi connectivity index (χ1) is 11.8. The molecule has 5 atom stereocenters. The predicted molar refractivity (Wildman–Crippen MR) is 100 cm³/mol. The summed E-state index contributed by atoms with van der Waals surface area (Å²) in [6.07, 6.45) is 8.57. The van der Waals surface area contributed by atoms with E-state index in [9.17, 15) is 4.79 Å². The topological polar surface area (TPSA) is 29.5 Å². The second-order valence-electron chi connectivity index (χ2n) is 10.4. The van der Waals surface area contributed by atoms with Gasteiger partial charge in [-0.25, -0.2) is 0 Å². The molecule has 5 unspecified atom stereocenters. The van der Waals surface area contributed by atoms with Crippen LogP contribution in [0, 0.1) is 28.6 Å². The van der Waals surface area contributed by atoms with E-state index in [2.05, 4.69) is 32.3 Å². The van der Waals surface area contributed by atoms with Crippen molar-refractivity contribution >= 4 is 5.97 Å². The van der Waals surface area contributed by atoms with E-state index < -0.39 is 0 Å². The molecule has 0 amide bonds. The van der Waals surface area contributed by atoms with Crippen LogP contribution in [0.1, 0.15) is 65.7 Å². The molecule has 0 bridgehead atoms. The minimum atomic E-state index is 0.0752. The molecular formula is C22H35NO2. The highest BCUT2D eigenvalue weighted by Crippen LogP contribution is 2.57. The van der Waals surface area contributed by atoms with Crippen molar-refractivity contribution in [3.8, 4) is 0 Å². The molecule has 4 aliphatic rings. The number of hydrogen-bond donors (Lipinski definition) is 0. The van der Waals surface area contributed by atoms with Crippen molar-refractivity contribution in [3.63, 3.8) is 0 Å². The zero-order chi connectivity index (χ0) is 17.8. The molecular weight excluding hydrogens is 310 g/mol. The fraction of sp³-hybridized carbons (Fsp3) is 0.864. The maximum atomic E-state index is 12.7. The Morgan fingerprint density at radius 2 is 2.04 bits per heavy atom. The van der Waals surface area contributed by atoms with Crippen molar-refractivity contribution in [1.82, 2.24) is 4.90 Å². The highest BCUT2D eigenvalue weighted by Gasteiger charge is 2.55. The predicted octanol–water partition coefficient (Wildman–Crippen LogP) is 4.42. The largest absolute Gasteiger partial charge is 0.462 e. The van der Waals surface area contributed by atoms with Gasteiger partial charge in [0.05, 0.1) is 5.92 Å². The van der Waals surface area contributed by atoms with Gasteiger partial charge in [-0.15, -0.1) is 0 Å². The fourth-order valence-electron chi connectivity index (χ4n) is 6.44. The Hall–Kier alpha value is -0.830. The summed E-state index contributed by atoms with van der Waals surface area (Å²) in [7, 11) is 0. The summed E-state index contributed by atoms with van der Waals surface area (Å²) in [5.74, 6) is 1.16. The van der Waals surface area contributed by atoms with Crippen LogP contribution in [-0.2, 0) is 9.53 Å². The number of likely N-dealkylation sites (tertiary alicyclic amines) is 1. The first-order valence-electron chi connectivity index (χ1n) is 10.4. The Morgan fingerprint density at radius 3 is 2.80 bits per heavy atom. The number of carbonyl (C=O) groups is 1. The number of piperidine rings is 1. The molecule has 0 aromatic rings. The van der Waals surface area contributed by atoms with Crippen LogP contribution in [0.25, 0.3) is 0 Å². The van der Waals surface area contributed by atoms with Crippen LogP contribution >= 0.6 is 0 Å². The van der Waals surface area contributed by atoms with E-state index >= 15 is 0 Å². The van der Waals surface area contributed by atoms with Crippen molar-refractivity contribution in [2.45, 2.75) is 71.8 Å². The zero-order valence-corrected chi connectivity index (χ0v) is 16.4. The van der Waals surface area contributed by atoms with Gasteiger partial charge in [-0.05, 0) is 68.2 Å². The van der Waals surface area contributed by atoms with Crippen LogP contribution < -0.4 is 0 Å². The summed E-state index contributed by atoms with van der Waals surface area (Å²) in [6, 6.07) is 0. The first kappa shape index (κ1) is 17.6. The summed E-state index contributed by atoms with van der Waals surface area (Å²) >= 11 is 0. The molecule has 0 spiro atoms. The van der Waals surface area contributed by atoms with Gasteiger partial charge in [0.25, 0.3) is 0 Å². The average molecular weight is 346 g/mol.